The van der Waals surface area contributed by atoms with Crippen LogP contribution in [0.2, 0.25) is 0 Å². The lowest BCUT2D eigenvalue weighted by Gasteiger charge is -2.32. The molecule has 2 heterocycles. The molecule has 1 aromatic carbocycles. The minimum absolute atomic E-state index is 0. The molecule has 3 rings (SSSR count). The van der Waals surface area contributed by atoms with Crippen molar-refractivity contribution in [2.24, 2.45) is 5.92 Å². The zero-order valence-electron chi connectivity index (χ0n) is 12.5. The molecular weight excluding hydrogens is 368 g/mol. The summed E-state index contributed by atoms with van der Waals surface area (Å²) in [5.41, 5.74) is 0.755. The lowest BCUT2D eigenvalue weighted by atomic mass is 9.98. The number of nitrogens with zero attached hydrogens (tertiary/aromatic N) is 1. The quantitative estimate of drug-likeness (QED) is 0.873. The van der Waals surface area contributed by atoms with Crippen LogP contribution in [0.25, 0.3) is 11.0 Å². The first-order chi connectivity index (χ1) is 10.2. The molecule has 0 radical (unpaired) electrons. The topological polar surface area (TPSA) is 45.5 Å². The summed E-state index contributed by atoms with van der Waals surface area (Å²) in [5, 5.41) is 4.15. The summed E-state index contributed by atoms with van der Waals surface area (Å²) >= 11 is 3.44. The van der Waals surface area contributed by atoms with E-state index in [1.54, 1.807) is 0 Å². The van der Waals surface area contributed by atoms with E-state index >= 15 is 0 Å². The predicted octanol–water partition coefficient (Wildman–Crippen LogP) is 3.69. The Hall–Kier alpha value is -1.04. The van der Waals surface area contributed by atoms with Gasteiger partial charge in [0.05, 0.1) is 0 Å². The van der Waals surface area contributed by atoms with E-state index in [1.165, 1.54) is 6.42 Å². The maximum absolute atomic E-state index is 12.6. The highest BCUT2D eigenvalue weighted by Gasteiger charge is 2.26. The number of hydrogen-bond donors (Lipinski definition) is 1. The number of fused-ring (bicyclic) bond motifs is 1. The van der Waals surface area contributed by atoms with Crippen LogP contribution >= 0.6 is 28.3 Å². The summed E-state index contributed by atoms with van der Waals surface area (Å²) in [6, 6.07) is 7.61. The smallest absolute Gasteiger partial charge is 0.289 e. The molecule has 0 spiro atoms. The van der Waals surface area contributed by atoms with Crippen molar-refractivity contribution in [1.82, 2.24) is 10.2 Å². The van der Waals surface area contributed by atoms with Crippen molar-refractivity contribution in [1.29, 1.82) is 0 Å². The van der Waals surface area contributed by atoms with E-state index in [1.807, 2.05) is 36.2 Å². The monoisotopic (exact) mass is 386 g/mol. The molecule has 1 fully saturated rings. The summed E-state index contributed by atoms with van der Waals surface area (Å²) in [4.78, 5) is 14.5. The molecule has 0 bridgehead atoms. The third-order valence-corrected chi connectivity index (χ3v) is 4.48. The number of piperidine rings is 1. The molecule has 1 aliphatic heterocycles. The van der Waals surface area contributed by atoms with Gasteiger partial charge in [0.2, 0.25) is 0 Å². The highest BCUT2D eigenvalue weighted by Crippen LogP contribution is 2.25. The average molecular weight is 388 g/mol. The highest BCUT2D eigenvalue weighted by molar-refractivity contribution is 9.10. The molecule has 22 heavy (non-hydrogen) atoms. The van der Waals surface area contributed by atoms with Gasteiger partial charge in [-0.15, -0.1) is 12.4 Å². The van der Waals surface area contributed by atoms with Gasteiger partial charge in [-0.2, -0.15) is 0 Å². The molecule has 1 saturated heterocycles. The number of hydrogen-bond acceptors (Lipinski definition) is 3. The molecule has 0 saturated carbocycles. The van der Waals surface area contributed by atoms with Crippen molar-refractivity contribution in [3.8, 4) is 0 Å². The van der Waals surface area contributed by atoms with E-state index in [0.29, 0.717) is 11.7 Å². The average Bonchev–Trinajstić information content (AvgIpc) is 2.90. The predicted molar refractivity (Wildman–Crippen MR) is 93.7 cm³/mol. The normalized spacial score (nSPS) is 18.3. The number of likely N-dealkylation sites (tertiary alicyclic amines) is 1. The van der Waals surface area contributed by atoms with E-state index in [4.69, 9.17) is 4.42 Å². The number of amides is 1. The maximum atomic E-state index is 12.6. The van der Waals surface area contributed by atoms with Gasteiger partial charge in [-0.1, -0.05) is 15.9 Å². The van der Waals surface area contributed by atoms with Crippen molar-refractivity contribution >= 4 is 45.2 Å². The van der Waals surface area contributed by atoms with Gasteiger partial charge in [0, 0.05) is 22.9 Å². The Balaban J connectivity index is 0.00000176. The molecule has 4 nitrogen and oxygen atoms in total. The molecule has 2 aromatic rings. The van der Waals surface area contributed by atoms with Crippen LogP contribution < -0.4 is 5.32 Å². The number of carbonyl (C=O) groups excluding carboxylic acids is 1. The van der Waals surface area contributed by atoms with Crippen LogP contribution in [0.4, 0.5) is 0 Å². The number of rotatable bonds is 3. The van der Waals surface area contributed by atoms with Crippen LogP contribution in [-0.2, 0) is 0 Å². The fourth-order valence-electron chi connectivity index (χ4n) is 2.98. The second-order valence-corrected chi connectivity index (χ2v) is 6.53. The molecule has 120 valence electrons. The Morgan fingerprint density at radius 2 is 2.27 bits per heavy atom. The molecule has 1 aliphatic rings. The number of furan rings is 1. The zero-order chi connectivity index (χ0) is 14.8. The van der Waals surface area contributed by atoms with Crippen LogP contribution in [0.5, 0.6) is 0 Å². The van der Waals surface area contributed by atoms with Gasteiger partial charge in [-0.3, -0.25) is 4.79 Å². The Morgan fingerprint density at radius 1 is 1.45 bits per heavy atom. The second kappa shape index (κ2) is 7.49. The first-order valence-electron chi connectivity index (χ1n) is 7.30. The van der Waals surface area contributed by atoms with Gasteiger partial charge in [0.1, 0.15) is 5.58 Å². The Kier molecular flexibility index (Phi) is 5.89. The van der Waals surface area contributed by atoms with E-state index < -0.39 is 0 Å². The summed E-state index contributed by atoms with van der Waals surface area (Å²) in [7, 11) is 1.96. The zero-order valence-corrected chi connectivity index (χ0v) is 14.9. The van der Waals surface area contributed by atoms with E-state index in [-0.39, 0.29) is 18.3 Å². The minimum Gasteiger partial charge on any atom is -0.451 e. The van der Waals surface area contributed by atoms with Crippen molar-refractivity contribution in [2.75, 3.05) is 26.7 Å². The lowest BCUT2D eigenvalue weighted by molar-refractivity contribution is 0.0644. The third-order valence-electron chi connectivity index (χ3n) is 3.99. The molecule has 1 amide bonds. The molecule has 6 heteroatoms. The van der Waals surface area contributed by atoms with Crippen molar-refractivity contribution in [2.45, 2.75) is 12.8 Å². The number of carbonyl (C=O) groups is 1. The van der Waals surface area contributed by atoms with Gasteiger partial charge >= 0.3 is 0 Å². The summed E-state index contributed by atoms with van der Waals surface area (Å²) in [5.74, 6) is 0.975. The maximum Gasteiger partial charge on any atom is 0.289 e. The van der Waals surface area contributed by atoms with Gasteiger partial charge in [-0.25, -0.2) is 0 Å². The Labute approximate surface area is 144 Å². The van der Waals surface area contributed by atoms with Crippen LogP contribution in [0, 0.1) is 5.92 Å². The minimum atomic E-state index is 0. The largest absolute Gasteiger partial charge is 0.451 e. The molecular formula is C16H20BrClN2O2. The second-order valence-electron chi connectivity index (χ2n) is 5.61. The van der Waals surface area contributed by atoms with Crippen molar-refractivity contribution in [3.63, 3.8) is 0 Å². The van der Waals surface area contributed by atoms with Crippen molar-refractivity contribution < 1.29 is 9.21 Å². The fourth-order valence-corrected chi connectivity index (χ4v) is 3.36. The van der Waals surface area contributed by atoms with Crippen LogP contribution in [0.1, 0.15) is 23.4 Å². The van der Waals surface area contributed by atoms with Gasteiger partial charge in [-0.05, 0) is 56.6 Å². The Morgan fingerprint density at radius 3 is 3.05 bits per heavy atom. The van der Waals surface area contributed by atoms with Gasteiger partial charge in [0.15, 0.2) is 5.76 Å². The Bertz CT molecular complexity index is 657. The summed E-state index contributed by atoms with van der Waals surface area (Å²) in [6.45, 7) is 2.58. The number of benzene rings is 1. The molecule has 0 aliphatic carbocycles. The standard InChI is InChI=1S/C16H19BrN2O2.ClH/c1-18-9-11-3-2-6-19(10-11)16(20)15-8-12-7-13(17)4-5-14(12)21-15;/h4-5,7-8,11,18H,2-3,6,9-10H2,1H3;1H. The summed E-state index contributed by atoms with van der Waals surface area (Å²) < 4.78 is 6.69. The van der Waals surface area contributed by atoms with Gasteiger partial charge < -0.3 is 14.6 Å². The first-order valence-corrected chi connectivity index (χ1v) is 8.09. The number of nitrogens with one attached hydrogen (secondary N) is 1. The SMILES string of the molecule is CNCC1CCCN(C(=O)c2cc3cc(Br)ccc3o2)C1.Cl. The lowest BCUT2D eigenvalue weighted by Crippen LogP contribution is -2.42. The van der Waals surface area contributed by atoms with E-state index in [9.17, 15) is 4.79 Å². The van der Waals surface area contributed by atoms with E-state index in [2.05, 4.69) is 21.2 Å². The molecule has 1 unspecified atom stereocenters. The summed E-state index contributed by atoms with van der Waals surface area (Å²) in [6.07, 6.45) is 2.24. The van der Waals surface area contributed by atoms with Crippen molar-refractivity contribution in [3.05, 3.63) is 34.5 Å². The first kappa shape index (κ1) is 17.3. The highest BCUT2D eigenvalue weighted by atomic mass is 79.9. The van der Waals surface area contributed by atoms with E-state index in [0.717, 1.165) is 41.5 Å². The molecule has 1 N–H and O–H groups in total. The molecule has 1 atom stereocenters. The third kappa shape index (κ3) is 3.65. The van der Waals surface area contributed by atoms with Gasteiger partial charge in [0.25, 0.3) is 5.91 Å². The van der Waals surface area contributed by atoms with Crippen LogP contribution in [-0.4, -0.2) is 37.5 Å². The fraction of sp³-hybridized carbons (Fsp3) is 0.438. The number of halogens is 2. The molecule has 1 aromatic heterocycles. The van der Waals surface area contributed by atoms with Crippen LogP contribution in [0.3, 0.4) is 0 Å². The van der Waals surface area contributed by atoms with Crippen LogP contribution in [0.15, 0.2) is 33.2 Å².